The summed E-state index contributed by atoms with van der Waals surface area (Å²) in [6, 6.07) is 16.9. The zero-order valence-electron chi connectivity index (χ0n) is 12.1. The standard InChI is InChI=1S/C19H16N2O/c22-19-13-6-2-1-5-12(13)9-16(19)18-15-8-4-3-7-14(15)17-10-20-11-21(17)18/h1-8,10-11,16,18-19,22H,9H2/t16-,18+,19-/m1/s1. The molecule has 0 bridgehead atoms. The molecule has 1 aliphatic heterocycles. The first-order valence-corrected chi connectivity index (χ1v) is 7.71. The van der Waals surface area contributed by atoms with Gasteiger partial charge in [-0.25, -0.2) is 4.98 Å². The smallest absolute Gasteiger partial charge is 0.0956 e. The first kappa shape index (κ1) is 12.2. The van der Waals surface area contributed by atoms with Gasteiger partial charge in [0, 0.05) is 11.5 Å². The average Bonchev–Trinajstić information content (AvgIpc) is 3.21. The van der Waals surface area contributed by atoms with Gasteiger partial charge in [0.2, 0.25) is 0 Å². The maximum absolute atomic E-state index is 10.9. The van der Waals surface area contributed by atoms with Gasteiger partial charge in [0.25, 0.3) is 0 Å². The van der Waals surface area contributed by atoms with Gasteiger partial charge in [-0.1, -0.05) is 48.5 Å². The molecule has 0 unspecified atom stereocenters. The lowest BCUT2D eigenvalue weighted by atomic mass is 9.88. The summed E-state index contributed by atoms with van der Waals surface area (Å²) in [5.41, 5.74) is 6.05. The van der Waals surface area contributed by atoms with Crippen molar-refractivity contribution in [3.63, 3.8) is 0 Å². The minimum atomic E-state index is -0.414. The van der Waals surface area contributed by atoms with Crippen LogP contribution in [0.1, 0.15) is 28.8 Å². The third-order valence-corrected chi connectivity index (χ3v) is 5.16. The number of aromatic nitrogens is 2. The van der Waals surface area contributed by atoms with Crippen LogP contribution >= 0.6 is 0 Å². The van der Waals surface area contributed by atoms with Crippen molar-refractivity contribution in [1.29, 1.82) is 0 Å². The number of rotatable bonds is 1. The number of fused-ring (bicyclic) bond motifs is 4. The van der Waals surface area contributed by atoms with Crippen LogP contribution in [0.3, 0.4) is 0 Å². The van der Waals surface area contributed by atoms with E-state index in [9.17, 15) is 5.11 Å². The van der Waals surface area contributed by atoms with Gasteiger partial charge >= 0.3 is 0 Å². The molecule has 0 saturated heterocycles. The second kappa shape index (κ2) is 4.31. The van der Waals surface area contributed by atoms with Crippen LogP contribution in [0, 0.1) is 5.92 Å². The molecule has 2 aliphatic rings. The van der Waals surface area contributed by atoms with E-state index in [1.165, 1.54) is 16.7 Å². The highest BCUT2D eigenvalue weighted by molar-refractivity contribution is 5.69. The molecule has 0 radical (unpaired) electrons. The van der Waals surface area contributed by atoms with Crippen molar-refractivity contribution < 1.29 is 5.11 Å². The van der Waals surface area contributed by atoms with Crippen LogP contribution in [-0.4, -0.2) is 14.7 Å². The molecular weight excluding hydrogens is 272 g/mol. The molecule has 2 heterocycles. The molecule has 3 atom stereocenters. The zero-order valence-corrected chi connectivity index (χ0v) is 12.1. The molecule has 108 valence electrons. The fraction of sp³-hybridized carbons (Fsp3) is 0.211. The summed E-state index contributed by atoms with van der Waals surface area (Å²) >= 11 is 0. The van der Waals surface area contributed by atoms with E-state index in [0.29, 0.717) is 0 Å². The zero-order chi connectivity index (χ0) is 14.7. The minimum Gasteiger partial charge on any atom is -0.388 e. The predicted molar refractivity (Wildman–Crippen MR) is 84.4 cm³/mol. The predicted octanol–water partition coefficient (Wildman–Crippen LogP) is 3.36. The molecular formula is C19H16N2O. The molecule has 3 nitrogen and oxygen atoms in total. The van der Waals surface area contributed by atoms with Crippen molar-refractivity contribution in [3.05, 3.63) is 77.7 Å². The lowest BCUT2D eigenvalue weighted by Crippen LogP contribution is -2.21. The minimum absolute atomic E-state index is 0.161. The van der Waals surface area contributed by atoms with E-state index in [2.05, 4.69) is 52.0 Å². The third-order valence-electron chi connectivity index (χ3n) is 5.16. The van der Waals surface area contributed by atoms with Gasteiger partial charge in [0.1, 0.15) is 0 Å². The highest BCUT2D eigenvalue weighted by Crippen LogP contribution is 2.50. The van der Waals surface area contributed by atoms with Crippen LogP contribution in [0.5, 0.6) is 0 Å². The maximum Gasteiger partial charge on any atom is 0.0956 e. The molecule has 0 saturated carbocycles. The largest absolute Gasteiger partial charge is 0.388 e. The molecule has 2 aromatic carbocycles. The molecule has 5 rings (SSSR count). The number of aliphatic hydroxyl groups is 1. The van der Waals surface area contributed by atoms with Crippen molar-refractivity contribution in [2.75, 3.05) is 0 Å². The second-order valence-corrected chi connectivity index (χ2v) is 6.23. The van der Waals surface area contributed by atoms with E-state index in [1.807, 2.05) is 18.6 Å². The van der Waals surface area contributed by atoms with Crippen molar-refractivity contribution in [1.82, 2.24) is 9.55 Å². The topological polar surface area (TPSA) is 38.1 Å². The van der Waals surface area contributed by atoms with Gasteiger partial charge in [-0.3, -0.25) is 0 Å². The van der Waals surface area contributed by atoms with E-state index < -0.39 is 6.10 Å². The van der Waals surface area contributed by atoms with E-state index in [-0.39, 0.29) is 12.0 Å². The summed E-state index contributed by atoms with van der Waals surface area (Å²) in [7, 11) is 0. The number of imidazole rings is 1. The fourth-order valence-corrected chi connectivity index (χ4v) is 4.20. The van der Waals surface area contributed by atoms with Crippen LogP contribution in [0.2, 0.25) is 0 Å². The Bertz CT molecular complexity index is 867. The number of nitrogens with zero attached hydrogens (tertiary/aromatic N) is 2. The van der Waals surface area contributed by atoms with Gasteiger partial charge in [0.05, 0.1) is 30.4 Å². The van der Waals surface area contributed by atoms with E-state index >= 15 is 0 Å². The van der Waals surface area contributed by atoms with Crippen molar-refractivity contribution >= 4 is 0 Å². The Kier molecular flexibility index (Phi) is 2.38. The summed E-state index contributed by atoms with van der Waals surface area (Å²) < 4.78 is 2.23. The van der Waals surface area contributed by atoms with Crippen LogP contribution in [-0.2, 0) is 6.42 Å². The number of hydrogen-bond acceptors (Lipinski definition) is 2. The van der Waals surface area contributed by atoms with Gasteiger partial charge in [-0.2, -0.15) is 0 Å². The highest BCUT2D eigenvalue weighted by Gasteiger charge is 2.41. The van der Waals surface area contributed by atoms with E-state index in [4.69, 9.17) is 0 Å². The Morgan fingerprint density at radius 3 is 2.64 bits per heavy atom. The molecule has 0 fully saturated rings. The van der Waals surface area contributed by atoms with Crippen LogP contribution < -0.4 is 0 Å². The van der Waals surface area contributed by atoms with Crippen LogP contribution in [0.25, 0.3) is 11.3 Å². The summed E-state index contributed by atoms with van der Waals surface area (Å²) in [6.07, 6.45) is 4.32. The highest BCUT2D eigenvalue weighted by atomic mass is 16.3. The summed E-state index contributed by atoms with van der Waals surface area (Å²) in [5.74, 6) is 0.161. The van der Waals surface area contributed by atoms with Gasteiger partial charge in [0.15, 0.2) is 0 Å². The Morgan fingerprint density at radius 2 is 1.77 bits per heavy atom. The summed E-state index contributed by atoms with van der Waals surface area (Å²) in [4.78, 5) is 4.32. The van der Waals surface area contributed by atoms with Crippen molar-refractivity contribution in [2.45, 2.75) is 18.6 Å². The molecule has 1 aromatic heterocycles. The van der Waals surface area contributed by atoms with Gasteiger partial charge in [-0.15, -0.1) is 0 Å². The Morgan fingerprint density at radius 1 is 1.00 bits per heavy atom. The Hall–Kier alpha value is -2.39. The molecule has 3 heteroatoms. The molecule has 22 heavy (non-hydrogen) atoms. The van der Waals surface area contributed by atoms with Crippen molar-refractivity contribution in [2.24, 2.45) is 5.92 Å². The lowest BCUT2D eigenvalue weighted by molar-refractivity contribution is 0.102. The van der Waals surface area contributed by atoms with Crippen molar-refractivity contribution in [3.8, 4) is 11.3 Å². The third kappa shape index (κ3) is 1.46. The lowest BCUT2D eigenvalue weighted by Gasteiger charge is -2.25. The van der Waals surface area contributed by atoms with Crippen LogP contribution in [0.4, 0.5) is 0 Å². The molecule has 1 N–H and O–H groups in total. The molecule has 0 spiro atoms. The maximum atomic E-state index is 10.9. The summed E-state index contributed by atoms with van der Waals surface area (Å²) in [6.45, 7) is 0. The number of benzene rings is 2. The first-order chi connectivity index (χ1) is 10.8. The Labute approximate surface area is 128 Å². The van der Waals surface area contributed by atoms with Gasteiger partial charge < -0.3 is 9.67 Å². The number of hydrogen-bond donors (Lipinski definition) is 1. The quantitative estimate of drug-likeness (QED) is 0.745. The summed E-state index contributed by atoms with van der Waals surface area (Å²) in [5, 5.41) is 10.9. The Balaban J connectivity index is 1.66. The second-order valence-electron chi connectivity index (χ2n) is 6.23. The number of aliphatic hydroxyl groups excluding tert-OH is 1. The van der Waals surface area contributed by atoms with Crippen LogP contribution in [0.15, 0.2) is 61.1 Å². The van der Waals surface area contributed by atoms with E-state index in [1.54, 1.807) is 0 Å². The fourth-order valence-electron chi connectivity index (χ4n) is 4.20. The molecule has 3 aromatic rings. The monoisotopic (exact) mass is 288 g/mol. The normalized spacial score (nSPS) is 24.9. The SMILES string of the molecule is O[C@@H]1c2ccccc2C[C@@H]1[C@@H]1c2ccccc2-c2cncn21. The molecule has 1 aliphatic carbocycles. The first-order valence-electron chi connectivity index (χ1n) is 7.71. The molecule has 0 amide bonds. The average molecular weight is 288 g/mol. The van der Waals surface area contributed by atoms with Gasteiger partial charge in [-0.05, 0) is 23.1 Å². The van der Waals surface area contributed by atoms with E-state index in [0.717, 1.165) is 17.7 Å².